The molecule has 0 radical (unpaired) electrons. The fraction of sp³-hybridized carbons (Fsp3) is 0.350. The number of aryl methyl sites for hydroxylation is 1. The molecule has 0 spiro atoms. The SMILES string of the molecule is Cc1ccc(S(=O)(=O)/N=C(\c2ccc(Cl)cc2)P(=O)(OC(C)C)OC(C)C)cc1. The molecular weight excluding hydrogens is 433 g/mol. The molecule has 158 valence electrons. The van der Waals surface area contributed by atoms with Crippen molar-refractivity contribution in [1.82, 2.24) is 0 Å². The van der Waals surface area contributed by atoms with Gasteiger partial charge in [-0.2, -0.15) is 12.8 Å². The summed E-state index contributed by atoms with van der Waals surface area (Å²) in [4.78, 5) is -0.0183. The average Bonchev–Trinajstić information content (AvgIpc) is 2.59. The molecule has 0 heterocycles. The Balaban J connectivity index is 2.72. The highest BCUT2D eigenvalue weighted by Crippen LogP contribution is 2.54. The second kappa shape index (κ2) is 9.54. The minimum absolute atomic E-state index is 0.0183. The minimum atomic E-state index is -4.17. The van der Waals surface area contributed by atoms with E-state index in [2.05, 4.69) is 4.40 Å². The van der Waals surface area contributed by atoms with Gasteiger partial charge in [0, 0.05) is 10.6 Å². The zero-order valence-electron chi connectivity index (χ0n) is 17.0. The van der Waals surface area contributed by atoms with Gasteiger partial charge in [0.25, 0.3) is 10.0 Å². The van der Waals surface area contributed by atoms with E-state index < -0.39 is 29.8 Å². The molecule has 0 unspecified atom stereocenters. The summed E-state index contributed by atoms with van der Waals surface area (Å²) >= 11 is 5.95. The van der Waals surface area contributed by atoms with Crippen molar-refractivity contribution in [2.75, 3.05) is 0 Å². The molecule has 0 fully saturated rings. The smallest absolute Gasteiger partial charge is 0.301 e. The van der Waals surface area contributed by atoms with Crippen molar-refractivity contribution in [3.63, 3.8) is 0 Å². The lowest BCUT2D eigenvalue weighted by Gasteiger charge is -2.24. The lowest BCUT2D eigenvalue weighted by atomic mass is 10.2. The Morgan fingerprint density at radius 3 is 1.86 bits per heavy atom. The first-order valence-electron chi connectivity index (χ1n) is 9.08. The lowest BCUT2D eigenvalue weighted by Crippen LogP contribution is -2.17. The fourth-order valence-electron chi connectivity index (χ4n) is 2.42. The topological polar surface area (TPSA) is 82.0 Å². The molecule has 0 saturated heterocycles. The van der Waals surface area contributed by atoms with Gasteiger partial charge in [-0.05, 0) is 58.9 Å². The summed E-state index contributed by atoms with van der Waals surface area (Å²) in [5.41, 5.74) is 0.912. The Morgan fingerprint density at radius 1 is 0.931 bits per heavy atom. The van der Waals surface area contributed by atoms with Gasteiger partial charge in [-0.3, -0.25) is 4.57 Å². The molecule has 0 aliphatic heterocycles. The number of rotatable bonds is 8. The van der Waals surface area contributed by atoms with Crippen molar-refractivity contribution in [2.24, 2.45) is 4.40 Å². The van der Waals surface area contributed by atoms with Crippen molar-refractivity contribution >= 4 is 34.7 Å². The Bertz CT molecular complexity index is 1000. The maximum atomic E-state index is 13.7. The molecule has 0 bridgehead atoms. The summed E-state index contributed by atoms with van der Waals surface area (Å²) in [7, 11) is -8.24. The zero-order chi connectivity index (χ0) is 21.8. The molecule has 2 rings (SSSR count). The molecule has 2 aromatic rings. The second-order valence-electron chi connectivity index (χ2n) is 7.02. The maximum Gasteiger partial charge on any atom is 0.381 e. The van der Waals surface area contributed by atoms with Crippen LogP contribution in [0.15, 0.2) is 57.8 Å². The minimum Gasteiger partial charge on any atom is -0.301 e. The molecule has 6 nitrogen and oxygen atoms in total. The van der Waals surface area contributed by atoms with Crippen LogP contribution in [0.3, 0.4) is 0 Å². The van der Waals surface area contributed by atoms with Crippen molar-refractivity contribution in [1.29, 1.82) is 0 Å². The molecular formula is C20H25ClNO5PS. The third-order valence-electron chi connectivity index (χ3n) is 3.59. The Labute approximate surface area is 177 Å². The molecule has 0 N–H and O–H groups in total. The number of benzene rings is 2. The number of sulfonamides is 1. The summed E-state index contributed by atoms with van der Waals surface area (Å²) in [5.74, 6) is 0. The van der Waals surface area contributed by atoms with E-state index in [1.165, 1.54) is 24.3 Å². The van der Waals surface area contributed by atoms with E-state index in [0.717, 1.165) is 5.56 Å². The summed E-state index contributed by atoms with van der Waals surface area (Å²) in [6.45, 7) is 8.59. The Kier molecular flexibility index (Phi) is 7.82. The monoisotopic (exact) mass is 457 g/mol. The summed E-state index contributed by atoms with van der Waals surface area (Å²) in [6, 6.07) is 12.4. The molecule has 0 amide bonds. The van der Waals surface area contributed by atoms with Crippen molar-refractivity contribution in [3.05, 3.63) is 64.7 Å². The number of hydrogen-bond acceptors (Lipinski definition) is 5. The fourth-order valence-corrected chi connectivity index (χ4v) is 6.01. The van der Waals surface area contributed by atoms with Crippen LogP contribution < -0.4 is 0 Å². The van der Waals surface area contributed by atoms with Crippen molar-refractivity contribution in [2.45, 2.75) is 51.7 Å². The summed E-state index contributed by atoms with van der Waals surface area (Å²) in [6.07, 6.45) is -0.974. The van der Waals surface area contributed by atoms with E-state index in [1.54, 1.807) is 52.0 Å². The third-order valence-corrected chi connectivity index (χ3v) is 7.54. The van der Waals surface area contributed by atoms with E-state index in [4.69, 9.17) is 20.6 Å². The molecule has 9 heteroatoms. The Hall–Kier alpha value is -1.50. The molecule has 0 aromatic heterocycles. The van der Waals surface area contributed by atoms with Gasteiger partial charge >= 0.3 is 7.60 Å². The highest BCUT2D eigenvalue weighted by Gasteiger charge is 2.37. The number of halogens is 1. The van der Waals surface area contributed by atoms with Crippen LogP contribution in [-0.2, 0) is 23.6 Å². The first kappa shape index (κ1) is 23.8. The average molecular weight is 458 g/mol. The van der Waals surface area contributed by atoms with E-state index in [0.29, 0.717) is 5.02 Å². The van der Waals surface area contributed by atoms with Gasteiger partial charge < -0.3 is 9.05 Å². The van der Waals surface area contributed by atoms with Gasteiger partial charge in [-0.15, -0.1) is 0 Å². The third kappa shape index (κ3) is 6.49. The molecule has 0 aliphatic rings. The standard InChI is InChI=1S/C20H25ClNO5PS/c1-14(2)26-28(23,27-15(3)4)20(17-8-10-18(21)11-9-17)22-29(24,25)19-12-6-16(5)7-13-19/h6-15H,1-5H3/b22-20+. The van der Waals surface area contributed by atoms with E-state index >= 15 is 0 Å². The molecule has 0 saturated carbocycles. The van der Waals surface area contributed by atoms with Crippen LogP contribution in [-0.4, -0.2) is 26.1 Å². The normalized spacial score (nSPS) is 13.3. The van der Waals surface area contributed by atoms with Gasteiger partial charge in [0.2, 0.25) is 0 Å². The van der Waals surface area contributed by atoms with Crippen LogP contribution >= 0.6 is 19.2 Å². The van der Waals surface area contributed by atoms with Gasteiger partial charge in [0.1, 0.15) is 0 Å². The molecule has 0 atom stereocenters. The highest BCUT2D eigenvalue weighted by atomic mass is 35.5. The van der Waals surface area contributed by atoms with Gasteiger partial charge in [0.15, 0.2) is 5.45 Å². The summed E-state index contributed by atoms with van der Waals surface area (Å²) < 4.78 is 54.8. The molecule has 0 aliphatic carbocycles. The lowest BCUT2D eigenvalue weighted by molar-refractivity contribution is 0.152. The van der Waals surface area contributed by atoms with E-state index in [1.807, 2.05) is 6.92 Å². The van der Waals surface area contributed by atoms with Crippen LogP contribution in [0.1, 0.15) is 38.8 Å². The predicted octanol–water partition coefficient (Wildman–Crippen LogP) is 5.83. The van der Waals surface area contributed by atoms with Crippen LogP contribution in [0.4, 0.5) is 0 Å². The number of hydrogen-bond donors (Lipinski definition) is 0. The summed E-state index contributed by atoms with van der Waals surface area (Å²) in [5, 5.41) is 0.443. The van der Waals surface area contributed by atoms with Crippen LogP contribution in [0.2, 0.25) is 5.02 Å². The zero-order valence-corrected chi connectivity index (χ0v) is 19.5. The first-order chi connectivity index (χ1) is 13.4. The molecule has 2 aromatic carbocycles. The van der Waals surface area contributed by atoms with Crippen LogP contribution in [0, 0.1) is 6.92 Å². The van der Waals surface area contributed by atoms with Crippen molar-refractivity contribution < 1.29 is 22.0 Å². The number of nitrogens with zero attached hydrogens (tertiary/aromatic N) is 1. The van der Waals surface area contributed by atoms with Crippen LogP contribution in [0.5, 0.6) is 0 Å². The van der Waals surface area contributed by atoms with Gasteiger partial charge in [0.05, 0.1) is 17.1 Å². The van der Waals surface area contributed by atoms with E-state index in [-0.39, 0.29) is 15.9 Å². The highest BCUT2D eigenvalue weighted by molar-refractivity contribution is 7.91. The van der Waals surface area contributed by atoms with E-state index in [9.17, 15) is 13.0 Å². The second-order valence-corrected chi connectivity index (χ2v) is 10.9. The molecule has 29 heavy (non-hydrogen) atoms. The quantitative estimate of drug-likeness (QED) is 0.368. The predicted molar refractivity (Wildman–Crippen MR) is 116 cm³/mol. The Morgan fingerprint density at radius 2 is 1.41 bits per heavy atom. The van der Waals surface area contributed by atoms with Gasteiger partial charge in [-0.1, -0.05) is 41.4 Å². The maximum absolute atomic E-state index is 13.7. The first-order valence-corrected chi connectivity index (χ1v) is 12.4. The largest absolute Gasteiger partial charge is 0.381 e. The van der Waals surface area contributed by atoms with Crippen LogP contribution in [0.25, 0.3) is 0 Å². The van der Waals surface area contributed by atoms with Crippen molar-refractivity contribution in [3.8, 4) is 0 Å². The van der Waals surface area contributed by atoms with Gasteiger partial charge in [-0.25, -0.2) is 0 Å².